The van der Waals surface area contributed by atoms with Crippen LogP contribution in [0.4, 0.5) is 0 Å². The quantitative estimate of drug-likeness (QED) is 0.482. The van der Waals surface area contributed by atoms with E-state index < -0.39 is 0 Å². The molecular weight excluding hydrogens is 120 g/mol. The van der Waals surface area contributed by atoms with Gasteiger partial charge in [0.2, 0.25) is 0 Å². The summed E-state index contributed by atoms with van der Waals surface area (Å²) in [5.74, 6) is 0.718. The lowest BCUT2D eigenvalue weighted by Gasteiger charge is -1.86. The van der Waals surface area contributed by atoms with Crippen LogP contribution >= 0.6 is 0 Å². The van der Waals surface area contributed by atoms with Crippen molar-refractivity contribution in [3.63, 3.8) is 0 Å². The first kappa shape index (κ1) is 16.4. The summed E-state index contributed by atoms with van der Waals surface area (Å²) in [7, 11) is 0. The fraction of sp³-hybridized carbons (Fsp3) is 0.800. The summed E-state index contributed by atoms with van der Waals surface area (Å²) in [6.07, 6.45) is 4.24. The average Bonchev–Trinajstić information content (AvgIpc) is 1.96. The molecule has 0 aromatic heterocycles. The summed E-state index contributed by atoms with van der Waals surface area (Å²) < 4.78 is 0. The maximum atomic E-state index is 2.17. The third kappa shape index (κ3) is 46.8. The van der Waals surface area contributed by atoms with E-state index in [0.717, 1.165) is 5.92 Å². The second-order valence-electron chi connectivity index (χ2n) is 1.77. The fourth-order valence-electron chi connectivity index (χ4n) is 0.385. The molecule has 0 spiro atoms. The van der Waals surface area contributed by atoms with Crippen LogP contribution in [0.5, 0.6) is 0 Å². The molecule has 0 fully saturated rings. The van der Waals surface area contributed by atoms with Gasteiger partial charge in [0.1, 0.15) is 0 Å². The van der Waals surface area contributed by atoms with Crippen LogP contribution in [0.3, 0.4) is 0 Å². The molecule has 0 aliphatic rings. The normalized spacial score (nSPS) is 8.00. The molecule has 0 heterocycles. The Hall–Kier alpha value is -0.260. The average molecular weight is 144 g/mol. The molecule has 0 heteroatoms. The van der Waals surface area contributed by atoms with E-state index in [4.69, 9.17) is 0 Å². The van der Waals surface area contributed by atoms with Crippen molar-refractivity contribution in [2.45, 2.75) is 48.5 Å². The zero-order valence-corrected chi connectivity index (χ0v) is 8.73. The molecule has 0 radical (unpaired) electrons. The molecule has 64 valence electrons. The number of rotatable bonds is 1. The molecule has 0 saturated heterocycles. The van der Waals surface area contributed by atoms with Crippen molar-refractivity contribution in [2.75, 3.05) is 0 Å². The van der Waals surface area contributed by atoms with Crippen LogP contribution in [0.15, 0.2) is 12.2 Å². The van der Waals surface area contributed by atoms with Crippen LogP contribution in [0.2, 0.25) is 0 Å². The van der Waals surface area contributed by atoms with Crippen molar-refractivity contribution >= 4 is 0 Å². The topological polar surface area (TPSA) is 0 Å². The van der Waals surface area contributed by atoms with Crippen LogP contribution in [-0.2, 0) is 0 Å². The van der Waals surface area contributed by atoms with Crippen LogP contribution in [0, 0.1) is 5.92 Å². The van der Waals surface area contributed by atoms with Gasteiger partial charge in [-0.15, -0.1) is 0 Å². The van der Waals surface area contributed by atoms with Gasteiger partial charge in [0.25, 0.3) is 0 Å². The van der Waals surface area contributed by atoms with Crippen molar-refractivity contribution in [3.05, 3.63) is 12.2 Å². The summed E-state index contributed by atoms with van der Waals surface area (Å²) >= 11 is 0. The van der Waals surface area contributed by atoms with E-state index in [1.165, 1.54) is 0 Å². The third-order valence-corrected chi connectivity index (χ3v) is 0.577. The van der Waals surface area contributed by atoms with Gasteiger partial charge in [0.05, 0.1) is 0 Å². The second-order valence-corrected chi connectivity index (χ2v) is 1.77. The second kappa shape index (κ2) is 23.3. The van der Waals surface area contributed by atoms with Gasteiger partial charge in [-0.2, -0.15) is 0 Å². The molecule has 0 atom stereocenters. The van der Waals surface area contributed by atoms with Gasteiger partial charge in [-0.25, -0.2) is 0 Å². The predicted molar refractivity (Wildman–Crippen MR) is 52.3 cm³/mol. The Balaban J connectivity index is -0.000000105. The maximum absolute atomic E-state index is 2.17. The molecule has 0 N–H and O–H groups in total. The van der Waals surface area contributed by atoms with Crippen LogP contribution in [-0.4, -0.2) is 0 Å². The molecule has 0 bridgehead atoms. The Labute approximate surface area is 67.3 Å². The molecule has 10 heavy (non-hydrogen) atoms. The lowest BCUT2D eigenvalue weighted by molar-refractivity contribution is 0.830. The molecule has 0 aromatic carbocycles. The first-order valence-corrected chi connectivity index (χ1v) is 4.40. The van der Waals surface area contributed by atoms with E-state index in [-0.39, 0.29) is 0 Å². The van der Waals surface area contributed by atoms with Crippen molar-refractivity contribution in [2.24, 2.45) is 5.92 Å². The highest BCUT2D eigenvalue weighted by Crippen LogP contribution is 1.90. The molecule has 0 unspecified atom stereocenters. The molecule has 0 aliphatic heterocycles. The Bertz CT molecular complexity index is 42.0. The van der Waals surface area contributed by atoms with Crippen LogP contribution in [0.25, 0.3) is 0 Å². The summed E-state index contributed by atoms with van der Waals surface area (Å²) in [6.45, 7) is 14.4. The van der Waals surface area contributed by atoms with Gasteiger partial charge in [-0.3, -0.25) is 0 Å². The Kier molecular flexibility index (Phi) is 38.2. The highest BCUT2D eigenvalue weighted by molar-refractivity contribution is 4.79. The van der Waals surface area contributed by atoms with Crippen molar-refractivity contribution in [1.29, 1.82) is 0 Å². The van der Waals surface area contributed by atoms with Gasteiger partial charge in [-0.1, -0.05) is 53.7 Å². The van der Waals surface area contributed by atoms with Gasteiger partial charge >= 0.3 is 0 Å². The van der Waals surface area contributed by atoms with E-state index in [2.05, 4.69) is 26.0 Å². The molecule has 0 aromatic rings. The van der Waals surface area contributed by atoms with Crippen molar-refractivity contribution in [1.82, 2.24) is 0 Å². The maximum Gasteiger partial charge on any atom is -0.0291 e. The number of hydrogen-bond acceptors (Lipinski definition) is 0. The zero-order chi connectivity index (χ0) is 8.99. The summed E-state index contributed by atoms with van der Waals surface area (Å²) in [5.41, 5.74) is 0. The molecule has 0 amide bonds. The van der Waals surface area contributed by atoms with E-state index >= 15 is 0 Å². The highest BCUT2D eigenvalue weighted by atomic mass is 13.8. The van der Waals surface area contributed by atoms with Crippen LogP contribution in [0.1, 0.15) is 48.5 Å². The fourth-order valence-corrected chi connectivity index (χ4v) is 0.385. The van der Waals surface area contributed by atoms with Crippen molar-refractivity contribution < 1.29 is 0 Å². The predicted octanol–water partition coefficient (Wildman–Crippen LogP) is 4.27. The van der Waals surface area contributed by atoms with Gasteiger partial charge in [0.15, 0.2) is 0 Å². The van der Waals surface area contributed by atoms with E-state index in [1.807, 2.05) is 34.6 Å². The Morgan fingerprint density at radius 2 is 1.20 bits per heavy atom. The van der Waals surface area contributed by atoms with Gasteiger partial charge in [-0.05, 0) is 12.8 Å². The molecule has 0 rings (SSSR count). The van der Waals surface area contributed by atoms with Crippen molar-refractivity contribution in [3.8, 4) is 0 Å². The summed E-state index contributed by atoms with van der Waals surface area (Å²) in [5, 5.41) is 0. The van der Waals surface area contributed by atoms with Gasteiger partial charge < -0.3 is 0 Å². The lowest BCUT2D eigenvalue weighted by atomic mass is 10.2. The summed E-state index contributed by atoms with van der Waals surface area (Å²) in [6, 6.07) is 0. The molecule has 0 saturated carbocycles. The third-order valence-electron chi connectivity index (χ3n) is 0.577. The van der Waals surface area contributed by atoms with E-state index in [9.17, 15) is 0 Å². The molecular formula is C10H24. The molecule has 0 nitrogen and oxygen atoms in total. The van der Waals surface area contributed by atoms with E-state index in [1.54, 1.807) is 0 Å². The first-order chi connectivity index (χ1) is 4.77. The standard InChI is InChI=1S/C6H12.2C2H6/c1-4-5-6(2)3;2*1-2/h4-6H,1-3H3;2*1-2H3/b5-4-;;. The SMILES string of the molecule is C/C=C\C(C)C.CC.CC. The van der Waals surface area contributed by atoms with Gasteiger partial charge in [0, 0.05) is 0 Å². The first-order valence-electron chi connectivity index (χ1n) is 4.40. The largest absolute Gasteiger partial charge is 0.0914 e. The lowest BCUT2D eigenvalue weighted by Crippen LogP contribution is -1.73. The van der Waals surface area contributed by atoms with Crippen LogP contribution < -0.4 is 0 Å². The Morgan fingerprint density at radius 1 is 0.900 bits per heavy atom. The monoisotopic (exact) mass is 144 g/mol. The minimum Gasteiger partial charge on any atom is -0.0914 e. The smallest absolute Gasteiger partial charge is 0.0291 e. The highest BCUT2D eigenvalue weighted by Gasteiger charge is 1.76. The number of allylic oxidation sites excluding steroid dienone is 2. The molecule has 0 aliphatic carbocycles. The Morgan fingerprint density at radius 3 is 1.20 bits per heavy atom. The number of hydrogen-bond donors (Lipinski definition) is 0. The summed E-state index contributed by atoms with van der Waals surface area (Å²) in [4.78, 5) is 0. The minimum atomic E-state index is 0.718. The van der Waals surface area contributed by atoms with E-state index in [0.29, 0.717) is 0 Å². The zero-order valence-electron chi connectivity index (χ0n) is 8.73. The minimum absolute atomic E-state index is 0.718.